The Morgan fingerprint density at radius 1 is 0.889 bits per heavy atom. The molecule has 4 aromatic heterocycles. The fraction of sp³-hybridized carbons (Fsp3) is 0.0741. The summed E-state index contributed by atoms with van der Waals surface area (Å²) in [5.41, 5.74) is 5.86. The van der Waals surface area contributed by atoms with Gasteiger partial charge in [0.05, 0.1) is 28.4 Å². The predicted molar refractivity (Wildman–Crippen MR) is 135 cm³/mol. The van der Waals surface area contributed by atoms with Crippen LogP contribution in [0.15, 0.2) is 85.3 Å². The van der Waals surface area contributed by atoms with Crippen LogP contribution in [0.3, 0.4) is 0 Å². The third-order valence-corrected chi connectivity index (χ3v) is 6.53. The molecule has 2 aromatic carbocycles. The van der Waals surface area contributed by atoms with Crippen LogP contribution in [0.5, 0.6) is 11.8 Å². The molecule has 0 spiro atoms. The molecule has 1 aliphatic rings. The average Bonchev–Trinajstić information content (AvgIpc) is 3.50. The van der Waals surface area contributed by atoms with Crippen molar-refractivity contribution in [2.45, 2.75) is 12.8 Å². The second-order valence-electron chi connectivity index (χ2n) is 8.52. The van der Waals surface area contributed by atoms with Crippen molar-refractivity contribution in [3.05, 3.63) is 113 Å². The van der Waals surface area contributed by atoms with Gasteiger partial charge in [-0.3, -0.25) is 4.98 Å². The molecular formula is C27H18ClN7O. The van der Waals surface area contributed by atoms with Crippen molar-refractivity contribution >= 4 is 17.2 Å². The van der Waals surface area contributed by atoms with E-state index in [1.54, 1.807) is 21.7 Å². The van der Waals surface area contributed by atoms with E-state index in [2.05, 4.69) is 27.2 Å². The molecule has 0 radical (unpaired) electrons. The minimum atomic E-state index is -0.213. The number of ether oxygens (including phenoxy) is 1. The lowest BCUT2D eigenvalue weighted by Crippen LogP contribution is -2.16. The number of hydrogen-bond acceptors (Lipinski definition) is 6. The number of hydrogen-bond donors (Lipinski definition) is 0. The standard InChI is InChI=1S/C27H18ClN7O/c1-16-21-22(17-8-3-2-4-9-17)23-25-31-24(20-12-5-6-13-29-20)33-34(25)15-30-26(23)36-27(21)35(32-16)19-11-7-10-18(28)14-19/h2-15,22H,1H3. The maximum absolute atomic E-state index is 6.45. The molecule has 1 unspecified atom stereocenters. The normalized spacial score (nSPS) is 14.3. The molecule has 36 heavy (non-hydrogen) atoms. The highest BCUT2D eigenvalue weighted by Gasteiger charge is 2.38. The topological polar surface area (TPSA) is 83.0 Å². The highest BCUT2D eigenvalue weighted by Crippen LogP contribution is 2.49. The van der Waals surface area contributed by atoms with Gasteiger partial charge in [0, 0.05) is 11.2 Å². The fourth-order valence-electron chi connectivity index (χ4n) is 4.74. The second-order valence-corrected chi connectivity index (χ2v) is 8.96. The van der Waals surface area contributed by atoms with Crippen molar-refractivity contribution < 1.29 is 4.74 Å². The van der Waals surface area contributed by atoms with Crippen molar-refractivity contribution in [3.63, 3.8) is 0 Å². The maximum Gasteiger partial charge on any atom is 0.230 e. The highest BCUT2D eigenvalue weighted by molar-refractivity contribution is 6.30. The summed E-state index contributed by atoms with van der Waals surface area (Å²) in [5.74, 6) is 1.38. The minimum absolute atomic E-state index is 0.213. The number of aromatic nitrogens is 7. The Labute approximate surface area is 210 Å². The predicted octanol–water partition coefficient (Wildman–Crippen LogP) is 5.62. The lowest BCUT2D eigenvalue weighted by Gasteiger charge is -2.26. The first kappa shape index (κ1) is 20.8. The minimum Gasteiger partial charge on any atom is -0.420 e. The lowest BCUT2D eigenvalue weighted by molar-refractivity contribution is 0.402. The van der Waals surface area contributed by atoms with E-state index in [1.165, 1.54) is 0 Å². The van der Waals surface area contributed by atoms with E-state index in [1.807, 2.05) is 67.6 Å². The SMILES string of the molecule is Cc1nn(-c2cccc(Cl)c2)c2c1C(c1ccccc1)c1c(ncn3nc(-c4ccccn4)nc13)O2. The Kier molecular flexibility index (Phi) is 4.62. The van der Waals surface area contributed by atoms with Crippen LogP contribution >= 0.6 is 11.6 Å². The van der Waals surface area contributed by atoms with E-state index in [0.717, 1.165) is 28.1 Å². The van der Waals surface area contributed by atoms with Crippen LogP contribution in [-0.4, -0.2) is 34.3 Å². The smallest absolute Gasteiger partial charge is 0.230 e. The third-order valence-electron chi connectivity index (χ3n) is 6.30. The molecule has 6 aromatic rings. The molecule has 0 saturated carbocycles. The molecule has 1 aliphatic heterocycles. The van der Waals surface area contributed by atoms with E-state index in [-0.39, 0.29) is 5.92 Å². The Morgan fingerprint density at radius 3 is 2.56 bits per heavy atom. The first-order valence-corrected chi connectivity index (χ1v) is 11.8. The van der Waals surface area contributed by atoms with Gasteiger partial charge in [-0.2, -0.15) is 5.10 Å². The van der Waals surface area contributed by atoms with Gasteiger partial charge in [0.25, 0.3) is 0 Å². The van der Waals surface area contributed by atoms with Crippen LogP contribution in [0.2, 0.25) is 5.02 Å². The monoisotopic (exact) mass is 491 g/mol. The highest BCUT2D eigenvalue weighted by atomic mass is 35.5. The average molecular weight is 492 g/mol. The lowest BCUT2D eigenvalue weighted by atomic mass is 9.84. The first-order valence-electron chi connectivity index (χ1n) is 11.4. The van der Waals surface area contributed by atoms with Crippen LogP contribution in [0.1, 0.15) is 28.3 Å². The molecule has 0 fully saturated rings. The molecule has 5 heterocycles. The van der Waals surface area contributed by atoms with Crippen LogP contribution in [0.25, 0.3) is 22.9 Å². The Morgan fingerprint density at radius 2 is 1.75 bits per heavy atom. The molecule has 0 amide bonds. The van der Waals surface area contributed by atoms with Crippen molar-refractivity contribution in [1.29, 1.82) is 0 Å². The number of benzene rings is 2. The fourth-order valence-corrected chi connectivity index (χ4v) is 4.93. The van der Waals surface area contributed by atoms with E-state index in [0.29, 0.717) is 33.9 Å². The van der Waals surface area contributed by atoms with Crippen molar-refractivity contribution in [3.8, 4) is 29.0 Å². The van der Waals surface area contributed by atoms with Crippen LogP contribution in [0, 0.1) is 6.92 Å². The van der Waals surface area contributed by atoms with E-state index in [9.17, 15) is 0 Å². The largest absolute Gasteiger partial charge is 0.420 e. The van der Waals surface area contributed by atoms with Crippen molar-refractivity contribution in [2.24, 2.45) is 0 Å². The van der Waals surface area contributed by atoms with Crippen LogP contribution in [0.4, 0.5) is 0 Å². The van der Waals surface area contributed by atoms with Gasteiger partial charge in [0.1, 0.15) is 12.0 Å². The van der Waals surface area contributed by atoms with E-state index >= 15 is 0 Å². The van der Waals surface area contributed by atoms with Crippen LogP contribution in [-0.2, 0) is 0 Å². The summed E-state index contributed by atoms with van der Waals surface area (Å²) in [5, 5.41) is 10.1. The summed E-state index contributed by atoms with van der Waals surface area (Å²) < 4.78 is 9.91. The maximum atomic E-state index is 6.45. The molecule has 0 N–H and O–H groups in total. The van der Waals surface area contributed by atoms with Gasteiger partial charge in [-0.25, -0.2) is 19.2 Å². The third kappa shape index (κ3) is 3.19. The van der Waals surface area contributed by atoms with Gasteiger partial charge in [-0.15, -0.1) is 5.10 Å². The zero-order valence-corrected chi connectivity index (χ0v) is 19.8. The molecule has 1 atom stereocenters. The summed E-state index contributed by atoms with van der Waals surface area (Å²) >= 11 is 6.29. The number of fused-ring (bicyclic) bond motifs is 4. The Hall–Kier alpha value is -4.56. The number of aryl methyl sites for hydroxylation is 1. The number of halogens is 1. The van der Waals surface area contributed by atoms with E-state index in [4.69, 9.17) is 26.4 Å². The van der Waals surface area contributed by atoms with Gasteiger partial charge in [-0.05, 0) is 42.8 Å². The van der Waals surface area contributed by atoms with Crippen molar-refractivity contribution in [1.82, 2.24) is 34.3 Å². The zero-order chi connectivity index (χ0) is 24.2. The van der Waals surface area contributed by atoms with Gasteiger partial charge in [0.15, 0.2) is 5.65 Å². The summed E-state index contributed by atoms with van der Waals surface area (Å²) in [7, 11) is 0. The van der Waals surface area contributed by atoms with Crippen molar-refractivity contribution in [2.75, 3.05) is 0 Å². The molecule has 0 saturated heterocycles. The number of rotatable bonds is 3. The number of pyridine rings is 1. The molecule has 174 valence electrons. The molecule has 0 aliphatic carbocycles. The summed E-state index contributed by atoms with van der Waals surface area (Å²) in [4.78, 5) is 13.9. The van der Waals surface area contributed by atoms with Gasteiger partial charge < -0.3 is 4.74 Å². The van der Waals surface area contributed by atoms with Gasteiger partial charge in [0.2, 0.25) is 17.6 Å². The van der Waals surface area contributed by atoms with E-state index < -0.39 is 0 Å². The summed E-state index contributed by atoms with van der Waals surface area (Å²) in [6.07, 6.45) is 3.35. The number of nitrogens with zero attached hydrogens (tertiary/aromatic N) is 7. The molecule has 9 heteroatoms. The summed E-state index contributed by atoms with van der Waals surface area (Å²) in [6.45, 7) is 1.99. The molecule has 7 rings (SSSR count). The molecule has 8 nitrogen and oxygen atoms in total. The second kappa shape index (κ2) is 8.00. The molecular weight excluding hydrogens is 474 g/mol. The molecule has 0 bridgehead atoms. The van der Waals surface area contributed by atoms with Gasteiger partial charge >= 0.3 is 0 Å². The Balaban J connectivity index is 1.49. The van der Waals surface area contributed by atoms with Gasteiger partial charge in [-0.1, -0.05) is 54.1 Å². The zero-order valence-electron chi connectivity index (χ0n) is 19.1. The quantitative estimate of drug-likeness (QED) is 0.319. The first-order chi connectivity index (χ1) is 17.7. The van der Waals surface area contributed by atoms with Crippen LogP contribution < -0.4 is 4.74 Å². The summed E-state index contributed by atoms with van der Waals surface area (Å²) in [6, 6.07) is 23.4. The Bertz CT molecular complexity index is 1750.